The van der Waals surface area contributed by atoms with Crippen molar-refractivity contribution in [2.45, 2.75) is 77.4 Å². The van der Waals surface area contributed by atoms with Crippen molar-refractivity contribution in [2.24, 2.45) is 0 Å². The van der Waals surface area contributed by atoms with Gasteiger partial charge in [-0.25, -0.2) is 0 Å². The van der Waals surface area contributed by atoms with Crippen molar-refractivity contribution in [3.8, 4) is 0 Å². The predicted octanol–water partition coefficient (Wildman–Crippen LogP) is 5.46. The number of hydrogen-bond acceptors (Lipinski definition) is 2. The Kier molecular flexibility index (Phi) is 7.96. The van der Waals surface area contributed by atoms with Crippen LogP contribution in [0.3, 0.4) is 0 Å². The minimum Gasteiger partial charge on any atom is -0.373 e. The molecule has 0 unspecified atom stereocenters. The molecule has 124 valence electrons. The van der Waals surface area contributed by atoms with E-state index in [0.29, 0.717) is 12.7 Å². The molecule has 0 aliphatic carbocycles. The van der Waals surface area contributed by atoms with Crippen LogP contribution in [0.15, 0.2) is 24.3 Å². The average molecular weight is 304 g/mol. The zero-order chi connectivity index (χ0) is 15.6. The Morgan fingerprint density at radius 1 is 0.864 bits per heavy atom. The smallest absolute Gasteiger partial charge is 0.106 e. The van der Waals surface area contributed by atoms with Gasteiger partial charge in [-0.2, -0.15) is 0 Å². The minimum atomic E-state index is 0.118. The minimum absolute atomic E-state index is 0.118. The first-order valence-electron chi connectivity index (χ1n) is 9.15. The van der Waals surface area contributed by atoms with E-state index < -0.39 is 0 Å². The Morgan fingerprint density at radius 3 is 2.27 bits per heavy atom. The van der Waals surface area contributed by atoms with Gasteiger partial charge in [0.2, 0.25) is 0 Å². The summed E-state index contributed by atoms with van der Waals surface area (Å²) in [7, 11) is 0. The summed E-state index contributed by atoms with van der Waals surface area (Å²) in [6, 6.07) is 8.85. The summed E-state index contributed by atoms with van der Waals surface area (Å²) in [6.45, 7) is 5.92. The fourth-order valence-electron chi connectivity index (χ4n) is 3.07. The third kappa shape index (κ3) is 5.73. The first-order valence-corrected chi connectivity index (χ1v) is 9.15. The molecule has 1 aliphatic rings. The van der Waals surface area contributed by atoms with Gasteiger partial charge in [0, 0.05) is 0 Å². The van der Waals surface area contributed by atoms with Crippen molar-refractivity contribution in [3.63, 3.8) is 0 Å². The second kappa shape index (κ2) is 10.0. The van der Waals surface area contributed by atoms with E-state index in [2.05, 4.69) is 38.1 Å². The molecule has 0 bridgehead atoms. The van der Waals surface area contributed by atoms with Gasteiger partial charge in [-0.15, -0.1) is 0 Å². The van der Waals surface area contributed by atoms with Gasteiger partial charge in [0.15, 0.2) is 0 Å². The fourth-order valence-corrected chi connectivity index (χ4v) is 3.07. The molecule has 0 N–H and O–H groups in total. The summed E-state index contributed by atoms with van der Waals surface area (Å²) in [5.41, 5.74) is 2.66. The Hall–Kier alpha value is -0.860. The van der Waals surface area contributed by atoms with Crippen LogP contribution in [-0.4, -0.2) is 19.3 Å². The number of ether oxygens (including phenoxy) is 2. The lowest BCUT2D eigenvalue weighted by Gasteiger charge is -2.30. The number of unbranched alkanes of at least 4 members (excludes halogenated alkanes) is 4. The Balaban J connectivity index is 1.68. The van der Waals surface area contributed by atoms with E-state index in [-0.39, 0.29) is 6.10 Å². The van der Waals surface area contributed by atoms with E-state index in [1.165, 1.54) is 49.7 Å². The third-order valence-electron chi connectivity index (χ3n) is 4.49. The van der Waals surface area contributed by atoms with Crippen LogP contribution in [0.5, 0.6) is 0 Å². The largest absolute Gasteiger partial charge is 0.373 e. The molecule has 1 fully saturated rings. The van der Waals surface area contributed by atoms with Crippen LogP contribution in [-0.2, 0) is 15.9 Å². The van der Waals surface area contributed by atoms with Gasteiger partial charge in [0.05, 0.1) is 19.3 Å². The average Bonchev–Trinajstić information content (AvgIpc) is 2.56. The monoisotopic (exact) mass is 304 g/mol. The molecule has 2 nitrogen and oxygen atoms in total. The molecule has 0 aromatic heterocycles. The van der Waals surface area contributed by atoms with E-state index in [1.807, 2.05) is 0 Å². The molecular formula is C20H32O2. The molecule has 1 saturated heterocycles. The summed E-state index contributed by atoms with van der Waals surface area (Å²) in [4.78, 5) is 0. The summed E-state index contributed by atoms with van der Waals surface area (Å²) in [6.07, 6.45) is 10.5. The van der Waals surface area contributed by atoms with E-state index in [4.69, 9.17) is 9.47 Å². The number of benzene rings is 1. The van der Waals surface area contributed by atoms with Crippen LogP contribution < -0.4 is 0 Å². The van der Waals surface area contributed by atoms with Crippen LogP contribution in [0.2, 0.25) is 0 Å². The van der Waals surface area contributed by atoms with Crippen molar-refractivity contribution in [1.82, 2.24) is 0 Å². The van der Waals surface area contributed by atoms with E-state index >= 15 is 0 Å². The summed E-state index contributed by atoms with van der Waals surface area (Å²) >= 11 is 0. The van der Waals surface area contributed by atoms with Gasteiger partial charge in [0.1, 0.15) is 6.10 Å². The molecule has 1 aromatic carbocycles. The molecule has 0 radical (unpaired) electrons. The number of hydrogen-bond donors (Lipinski definition) is 0. The predicted molar refractivity (Wildman–Crippen MR) is 92.2 cm³/mol. The van der Waals surface area contributed by atoms with Crippen LogP contribution >= 0.6 is 0 Å². The van der Waals surface area contributed by atoms with Crippen LogP contribution in [0, 0.1) is 0 Å². The molecule has 2 heteroatoms. The van der Waals surface area contributed by atoms with E-state index in [0.717, 1.165) is 19.4 Å². The maximum atomic E-state index is 6.03. The molecule has 0 amide bonds. The highest BCUT2D eigenvalue weighted by Gasteiger charge is 2.23. The second-order valence-electron chi connectivity index (χ2n) is 6.47. The van der Waals surface area contributed by atoms with Gasteiger partial charge in [-0.05, 0) is 24.0 Å². The van der Waals surface area contributed by atoms with Crippen molar-refractivity contribution < 1.29 is 9.47 Å². The highest BCUT2D eigenvalue weighted by molar-refractivity contribution is 5.24. The second-order valence-corrected chi connectivity index (χ2v) is 6.47. The summed E-state index contributed by atoms with van der Waals surface area (Å²) in [5.74, 6) is 0. The lowest BCUT2D eigenvalue weighted by molar-refractivity contribution is -0.137. The van der Waals surface area contributed by atoms with Gasteiger partial charge >= 0.3 is 0 Å². The first-order chi connectivity index (χ1) is 10.8. The van der Waals surface area contributed by atoms with Gasteiger partial charge in [-0.1, -0.05) is 76.6 Å². The van der Waals surface area contributed by atoms with Crippen LogP contribution in [0.1, 0.15) is 76.0 Å². The Labute approximate surface area is 136 Å². The molecule has 1 aliphatic heterocycles. The lowest BCUT2D eigenvalue weighted by Crippen LogP contribution is -2.31. The van der Waals surface area contributed by atoms with Crippen molar-refractivity contribution in [1.29, 1.82) is 0 Å². The van der Waals surface area contributed by atoms with Gasteiger partial charge in [-0.3, -0.25) is 0 Å². The zero-order valence-electron chi connectivity index (χ0n) is 14.4. The van der Waals surface area contributed by atoms with Gasteiger partial charge in [0.25, 0.3) is 0 Å². The van der Waals surface area contributed by atoms with Crippen molar-refractivity contribution in [2.75, 3.05) is 13.2 Å². The standard InChI is InChI=1S/C20H32O2/c1-3-5-6-7-8-10-19-15-22-20(16-21-19)18-13-11-17(9-4-2)12-14-18/h11-14,19-20H,3-10,15-16H2,1-2H3/t19-,20-/m0/s1. The molecule has 22 heavy (non-hydrogen) atoms. The van der Waals surface area contributed by atoms with Crippen molar-refractivity contribution >= 4 is 0 Å². The highest BCUT2D eigenvalue weighted by atomic mass is 16.6. The van der Waals surface area contributed by atoms with Gasteiger partial charge < -0.3 is 9.47 Å². The lowest BCUT2D eigenvalue weighted by atomic mass is 10.0. The summed E-state index contributed by atoms with van der Waals surface area (Å²) in [5, 5.41) is 0. The van der Waals surface area contributed by atoms with E-state index in [9.17, 15) is 0 Å². The molecule has 1 heterocycles. The number of rotatable bonds is 9. The van der Waals surface area contributed by atoms with Crippen LogP contribution in [0.25, 0.3) is 0 Å². The molecule has 2 atom stereocenters. The molecule has 2 rings (SSSR count). The molecule has 0 spiro atoms. The Morgan fingerprint density at radius 2 is 1.64 bits per heavy atom. The summed E-state index contributed by atoms with van der Waals surface area (Å²) < 4.78 is 12.0. The zero-order valence-corrected chi connectivity index (χ0v) is 14.4. The maximum absolute atomic E-state index is 6.03. The topological polar surface area (TPSA) is 18.5 Å². The third-order valence-corrected chi connectivity index (χ3v) is 4.49. The molecule has 1 aromatic rings. The maximum Gasteiger partial charge on any atom is 0.106 e. The highest BCUT2D eigenvalue weighted by Crippen LogP contribution is 2.25. The molecular weight excluding hydrogens is 272 g/mol. The first kappa shape index (κ1) is 17.5. The van der Waals surface area contributed by atoms with Crippen molar-refractivity contribution in [3.05, 3.63) is 35.4 Å². The van der Waals surface area contributed by atoms with E-state index in [1.54, 1.807) is 0 Å². The quantitative estimate of drug-likeness (QED) is 0.564. The SMILES string of the molecule is CCCCCCC[C@H]1CO[C@H](c2ccc(CCC)cc2)CO1. The van der Waals surface area contributed by atoms with Crippen LogP contribution in [0.4, 0.5) is 0 Å². The molecule has 0 saturated carbocycles. The normalized spacial score (nSPS) is 21.9. The Bertz CT molecular complexity index is 391. The fraction of sp³-hybridized carbons (Fsp3) is 0.700. The number of aryl methyl sites for hydroxylation is 1.